The van der Waals surface area contributed by atoms with E-state index in [4.69, 9.17) is 13.9 Å². The minimum absolute atomic E-state index is 0.0313. The van der Waals surface area contributed by atoms with Crippen LogP contribution in [0.15, 0.2) is 46.9 Å². The van der Waals surface area contributed by atoms with Gasteiger partial charge in [-0.2, -0.15) is 0 Å². The molecule has 0 unspecified atom stereocenters. The molecule has 7 N–H and O–H groups in total. The lowest BCUT2D eigenvalue weighted by Gasteiger charge is -2.39. The number of aliphatic hydroxyl groups is 4. The zero-order valence-corrected chi connectivity index (χ0v) is 16.0. The van der Waals surface area contributed by atoms with Crippen LogP contribution in [0, 0.1) is 0 Å². The fraction of sp³-hybridized carbons (Fsp3) is 0.286. The van der Waals surface area contributed by atoms with Crippen LogP contribution in [-0.2, 0) is 4.74 Å². The Morgan fingerprint density at radius 2 is 1.61 bits per heavy atom. The third-order valence-electron chi connectivity index (χ3n) is 5.08. The van der Waals surface area contributed by atoms with Crippen molar-refractivity contribution in [1.82, 2.24) is 0 Å². The molecule has 1 aliphatic heterocycles. The number of hydrogen-bond acceptors (Lipinski definition) is 9. The molecule has 1 aliphatic rings. The van der Waals surface area contributed by atoms with E-state index in [0.717, 1.165) is 0 Å². The van der Waals surface area contributed by atoms with E-state index in [0.29, 0.717) is 16.7 Å². The number of benzene rings is 2. The molecule has 164 valence electrons. The average molecular weight is 433 g/mol. The van der Waals surface area contributed by atoms with E-state index >= 15 is 0 Å². The number of aromatic hydroxyl groups is 3. The predicted octanol–water partition coefficient (Wildman–Crippen LogP) is 0.676. The third kappa shape index (κ3) is 3.94. The molecule has 0 spiro atoms. The summed E-state index contributed by atoms with van der Waals surface area (Å²) in [5, 5.41) is 69.1. The van der Waals surface area contributed by atoms with E-state index in [-0.39, 0.29) is 28.6 Å². The molecule has 2 heterocycles. The zero-order valence-electron chi connectivity index (χ0n) is 16.0. The zero-order chi connectivity index (χ0) is 22.3. The first-order chi connectivity index (χ1) is 14.8. The second-order valence-corrected chi connectivity index (χ2v) is 7.17. The molecular formula is C21H21O10+. The van der Waals surface area contributed by atoms with Crippen molar-refractivity contribution < 1.29 is 49.6 Å². The summed E-state index contributed by atoms with van der Waals surface area (Å²) in [5.74, 6) is -0.440. The molecule has 0 amide bonds. The highest BCUT2D eigenvalue weighted by Gasteiger charge is 2.44. The number of rotatable bonds is 4. The van der Waals surface area contributed by atoms with E-state index in [2.05, 4.69) is 0 Å². The van der Waals surface area contributed by atoms with Crippen LogP contribution in [0.5, 0.6) is 23.0 Å². The van der Waals surface area contributed by atoms with Gasteiger partial charge >= 0.3 is 11.3 Å². The first-order valence-corrected chi connectivity index (χ1v) is 9.38. The van der Waals surface area contributed by atoms with Gasteiger partial charge in [0.2, 0.25) is 6.29 Å². The van der Waals surface area contributed by atoms with Crippen molar-refractivity contribution in [2.45, 2.75) is 30.7 Å². The Morgan fingerprint density at radius 3 is 2.32 bits per heavy atom. The fourth-order valence-corrected chi connectivity index (χ4v) is 3.35. The van der Waals surface area contributed by atoms with Gasteiger partial charge in [0.25, 0.3) is 0 Å². The average Bonchev–Trinajstić information content (AvgIpc) is 2.75. The smallest absolute Gasteiger partial charge is 0.368 e. The van der Waals surface area contributed by atoms with Gasteiger partial charge in [-0.1, -0.05) is 0 Å². The number of phenols is 3. The highest BCUT2D eigenvalue weighted by Crippen LogP contribution is 2.36. The van der Waals surface area contributed by atoms with Gasteiger partial charge in [-0.3, -0.25) is 0 Å². The second kappa shape index (κ2) is 8.17. The summed E-state index contributed by atoms with van der Waals surface area (Å²) in [6, 6.07) is 9.99. The molecule has 1 saturated heterocycles. The Morgan fingerprint density at radius 1 is 0.839 bits per heavy atom. The van der Waals surface area contributed by atoms with E-state index < -0.39 is 37.3 Å². The normalized spacial score (nSPS) is 26.1. The highest BCUT2D eigenvalue weighted by molar-refractivity contribution is 5.86. The van der Waals surface area contributed by atoms with Crippen molar-refractivity contribution in [3.63, 3.8) is 0 Å². The lowest BCUT2D eigenvalue weighted by atomic mass is 9.99. The predicted molar refractivity (Wildman–Crippen MR) is 105 cm³/mol. The summed E-state index contributed by atoms with van der Waals surface area (Å²) < 4.78 is 16.6. The molecule has 31 heavy (non-hydrogen) atoms. The summed E-state index contributed by atoms with van der Waals surface area (Å²) in [4.78, 5) is 0. The molecule has 0 saturated carbocycles. The quantitative estimate of drug-likeness (QED) is 0.229. The maximum atomic E-state index is 10.3. The van der Waals surface area contributed by atoms with Gasteiger partial charge in [-0.05, 0) is 18.2 Å². The molecule has 1 fully saturated rings. The summed E-state index contributed by atoms with van der Waals surface area (Å²) >= 11 is 0. The molecule has 3 aromatic rings. The van der Waals surface area contributed by atoms with Gasteiger partial charge in [-0.15, -0.1) is 0 Å². The van der Waals surface area contributed by atoms with Crippen molar-refractivity contribution in [2.75, 3.05) is 6.61 Å². The highest BCUT2D eigenvalue weighted by atomic mass is 16.7. The van der Waals surface area contributed by atoms with Gasteiger partial charge in [0.05, 0.1) is 18.2 Å². The third-order valence-corrected chi connectivity index (χ3v) is 5.08. The molecular weight excluding hydrogens is 412 g/mol. The minimum atomic E-state index is -1.61. The lowest BCUT2D eigenvalue weighted by molar-refractivity contribution is -0.277. The number of ether oxygens (including phenoxy) is 2. The molecule has 0 aliphatic carbocycles. The number of aliphatic hydroxyl groups excluding tert-OH is 4. The minimum Gasteiger partial charge on any atom is -0.507 e. The SMILES string of the molecule is OC[C@H]1O[C@@H](Oc2cc(O)c3ccc(-c4ccc(O)c(O)c4)[o+]c3c2)[C@H](O)[C@@H](O)[C@@H]1O. The van der Waals surface area contributed by atoms with Crippen molar-refractivity contribution in [1.29, 1.82) is 0 Å². The Bertz CT molecular complexity index is 1100. The van der Waals surface area contributed by atoms with Crippen LogP contribution in [0.4, 0.5) is 0 Å². The molecule has 10 heteroatoms. The van der Waals surface area contributed by atoms with Gasteiger partial charge in [0, 0.05) is 18.2 Å². The Kier molecular flexibility index (Phi) is 5.56. The number of hydrogen-bond donors (Lipinski definition) is 7. The Balaban J connectivity index is 1.66. The molecule has 1 aromatic heterocycles. The van der Waals surface area contributed by atoms with Crippen LogP contribution in [-0.4, -0.2) is 73.1 Å². The van der Waals surface area contributed by atoms with Crippen LogP contribution in [0.1, 0.15) is 0 Å². The maximum absolute atomic E-state index is 10.3. The lowest BCUT2D eigenvalue weighted by Crippen LogP contribution is -2.60. The van der Waals surface area contributed by atoms with Crippen molar-refractivity contribution in [2.24, 2.45) is 0 Å². The molecule has 4 rings (SSSR count). The largest absolute Gasteiger partial charge is 0.507 e. The first-order valence-electron chi connectivity index (χ1n) is 9.38. The van der Waals surface area contributed by atoms with Crippen molar-refractivity contribution >= 4 is 11.0 Å². The summed E-state index contributed by atoms with van der Waals surface area (Å²) in [6.07, 6.45) is -7.31. The number of phenolic OH excluding ortho intramolecular Hbond substituents is 3. The van der Waals surface area contributed by atoms with Gasteiger partial charge in [-0.25, -0.2) is 4.42 Å². The molecule has 0 bridgehead atoms. The van der Waals surface area contributed by atoms with E-state index in [9.17, 15) is 35.7 Å². The standard InChI is InChI=1S/C21H20O10/c22-8-17-18(26)19(27)20(28)21(31-17)29-10-6-13(24)11-2-4-15(30-16(11)7-10)9-1-3-12(23)14(25)5-9/h1-7,17-22,26-28H,8H2,(H2-,23,24,25)/p+1/t17-,18-,19+,20-,21-/m1/s1. The molecule has 5 atom stereocenters. The van der Waals surface area contributed by atoms with Crippen LogP contribution >= 0.6 is 0 Å². The Labute approximate surface area is 175 Å². The van der Waals surface area contributed by atoms with Crippen LogP contribution in [0.25, 0.3) is 22.3 Å². The Hall–Kier alpha value is -3.15. The van der Waals surface area contributed by atoms with Gasteiger partial charge in [0.1, 0.15) is 41.3 Å². The van der Waals surface area contributed by atoms with Crippen molar-refractivity contribution in [3.05, 3.63) is 42.5 Å². The van der Waals surface area contributed by atoms with Crippen LogP contribution < -0.4 is 4.74 Å². The van der Waals surface area contributed by atoms with Crippen LogP contribution in [0.2, 0.25) is 0 Å². The van der Waals surface area contributed by atoms with Crippen molar-refractivity contribution in [3.8, 4) is 34.3 Å². The monoisotopic (exact) mass is 433 g/mol. The summed E-state index contributed by atoms with van der Waals surface area (Å²) in [5.41, 5.74) is 0.668. The topological polar surface area (TPSA) is 171 Å². The summed E-state index contributed by atoms with van der Waals surface area (Å²) in [6.45, 7) is -0.605. The van der Waals surface area contributed by atoms with E-state index in [1.807, 2.05) is 0 Å². The first kappa shape index (κ1) is 21.1. The van der Waals surface area contributed by atoms with E-state index in [1.165, 1.54) is 30.3 Å². The summed E-state index contributed by atoms with van der Waals surface area (Å²) in [7, 11) is 0. The maximum Gasteiger partial charge on any atom is 0.368 e. The second-order valence-electron chi connectivity index (χ2n) is 7.17. The van der Waals surface area contributed by atoms with Gasteiger partial charge in [0.15, 0.2) is 11.5 Å². The van der Waals surface area contributed by atoms with Crippen LogP contribution in [0.3, 0.4) is 0 Å². The molecule has 2 aromatic carbocycles. The molecule has 0 radical (unpaired) electrons. The molecule has 10 nitrogen and oxygen atoms in total. The van der Waals surface area contributed by atoms with E-state index in [1.54, 1.807) is 12.1 Å². The van der Waals surface area contributed by atoms with Gasteiger partial charge < -0.3 is 45.2 Å². The number of fused-ring (bicyclic) bond motifs is 1. The fourth-order valence-electron chi connectivity index (χ4n) is 3.35.